The van der Waals surface area contributed by atoms with Crippen molar-refractivity contribution in [3.05, 3.63) is 41.2 Å². The highest BCUT2D eigenvalue weighted by molar-refractivity contribution is 5.99. The SMILES string of the molecule is COc1ccccc1Nc1nc(C)c2c(n1)C[C@@H](C)CC2=O. The van der Waals surface area contributed by atoms with Gasteiger partial charge in [-0.2, -0.15) is 0 Å². The van der Waals surface area contributed by atoms with Crippen LogP contribution in [0, 0.1) is 12.8 Å². The third-order valence-corrected chi connectivity index (χ3v) is 3.87. The first-order chi connectivity index (χ1) is 10.6. The lowest BCUT2D eigenvalue weighted by Gasteiger charge is -2.21. The summed E-state index contributed by atoms with van der Waals surface area (Å²) in [5, 5.41) is 3.19. The van der Waals surface area contributed by atoms with Gasteiger partial charge in [0, 0.05) is 6.42 Å². The standard InChI is InChI=1S/C17H19N3O2/c1-10-8-13-16(14(21)9-10)11(2)18-17(20-13)19-12-6-4-5-7-15(12)22-3/h4-7,10H,8-9H2,1-3H3,(H,18,19,20)/t10-/m1/s1. The maximum atomic E-state index is 12.2. The first-order valence-electron chi connectivity index (χ1n) is 7.39. The molecule has 1 heterocycles. The molecule has 1 aliphatic carbocycles. The van der Waals surface area contributed by atoms with E-state index >= 15 is 0 Å². The molecular weight excluding hydrogens is 278 g/mol. The Kier molecular flexibility index (Phi) is 3.79. The molecule has 0 aliphatic heterocycles. The van der Waals surface area contributed by atoms with E-state index in [-0.39, 0.29) is 5.78 Å². The number of benzene rings is 1. The molecule has 0 fully saturated rings. The van der Waals surface area contributed by atoms with Crippen LogP contribution in [-0.4, -0.2) is 22.9 Å². The van der Waals surface area contributed by atoms with Crippen LogP contribution in [-0.2, 0) is 6.42 Å². The van der Waals surface area contributed by atoms with Crippen LogP contribution < -0.4 is 10.1 Å². The number of aromatic nitrogens is 2. The van der Waals surface area contributed by atoms with Crippen LogP contribution in [0.5, 0.6) is 5.75 Å². The van der Waals surface area contributed by atoms with Crippen LogP contribution in [0.25, 0.3) is 0 Å². The lowest BCUT2D eigenvalue weighted by Crippen LogP contribution is -2.22. The van der Waals surface area contributed by atoms with E-state index in [0.717, 1.165) is 29.2 Å². The van der Waals surface area contributed by atoms with Crippen LogP contribution >= 0.6 is 0 Å². The van der Waals surface area contributed by atoms with Crippen molar-refractivity contribution in [3.63, 3.8) is 0 Å². The molecule has 0 amide bonds. The third-order valence-electron chi connectivity index (χ3n) is 3.87. The van der Waals surface area contributed by atoms with E-state index in [0.29, 0.717) is 23.9 Å². The van der Waals surface area contributed by atoms with Crippen molar-refractivity contribution in [3.8, 4) is 5.75 Å². The zero-order valence-electron chi connectivity index (χ0n) is 13.0. The van der Waals surface area contributed by atoms with Gasteiger partial charge in [0.2, 0.25) is 5.95 Å². The minimum Gasteiger partial charge on any atom is -0.495 e. The van der Waals surface area contributed by atoms with Gasteiger partial charge < -0.3 is 10.1 Å². The third kappa shape index (κ3) is 2.66. The Labute approximate surface area is 129 Å². The number of ketones is 1. The van der Waals surface area contributed by atoms with Gasteiger partial charge in [0.25, 0.3) is 0 Å². The number of ether oxygens (including phenoxy) is 1. The summed E-state index contributed by atoms with van der Waals surface area (Å²) >= 11 is 0. The zero-order valence-corrected chi connectivity index (χ0v) is 13.0. The average molecular weight is 297 g/mol. The highest BCUT2D eigenvalue weighted by Crippen LogP contribution is 2.29. The van der Waals surface area contributed by atoms with Gasteiger partial charge in [-0.25, -0.2) is 9.97 Å². The monoisotopic (exact) mass is 297 g/mol. The Hall–Kier alpha value is -2.43. The molecule has 0 radical (unpaired) electrons. The normalized spacial score (nSPS) is 17.0. The molecule has 1 aliphatic rings. The maximum Gasteiger partial charge on any atom is 0.227 e. The van der Waals surface area contributed by atoms with Gasteiger partial charge in [-0.05, 0) is 31.4 Å². The Morgan fingerprint density at radius 1 is 1.23 bits per heavy atom. The molecule has 1 aromatic heterocycles. The first kappa shape index (κ1) is 14.5. The van der Waals surface area contributed by atoms with Gasteiger partial charge in [-0.15, -0.1) is 0 Å². The second kappa shape index (κ2) is 5.75. The van der Waals surface area contributed by atoms with Crippen LogP contribution in [0.1, 0.15) is 35.1 Å². The summed E-state index contributed by atoms with van der Waals surface area (Å²) in [4.78, 5) is 21.1. The number of aryl methyl sites for hydroxylation is 1. The topological polar surface area (TPSA) is 64.1 Å². The first-order valence-corrected chi connectivity index (χ1v) is 7.39. The van der Waals surface area contributed by atoms with Gasteiger partial charge in [-0.3, -0.25) is 4.79 Å². The minimum absolute atomic E-state index is 0.148. The fraction of sp³-hybridized carbons (Fsp3) is 0.353. The predicted molar refractivity (Wildman–Crippen MR) is 84.9 cm³/mol. The molecule has 1 N–H and O–H groups in total. The van der Waals surface area contributed by atoms with E-state index in [1.54, 1.807) is 7.11 Å². The van der Waals surface area contributed by atoms with Crippen LogP contribution in [0.3, 0.4) is 0 Å². The number of methoxy groups -OCH3 is 1. The molecular formula is C17H19N3O2. The van der Waals surface area contributed by atoms with Crippen LogP contribution in [0.2, 0.25) is 0 Å². The molecule has 0 saturated heterocycles. The van der Waals surface area contributed by atoms with Gasteiger partial charge >= 0.3 is 0 Å². The zero-order chi connectivity index (χ0) is 15.7. The molecule has 114 valence electrons. The van der Waals surface area contributed by atoms with E-state index in [9.17, 15) is 4.79 Å². The van der Waals surface area contributed by atoms with Gasteiger partial charge in [0.1, 0.15) is 5.75 Å². The summed E-state index contributed by atoms with van der Waals surface area (Å²) in [6.07, 6.45) is 1.39. The molecule has 22 heavy (non-hydrogen) atoms. The van der Waals surface area contributed by atoms with Crippen molar-refractivity contribution < 1.29 is 9.53 Å². The lowest BCUT2D eigenvalue weighted by atomic mass is 9.86. The highest BCUT2D eigenvalue weighted by atomic mass is 16.5. The van der Waals surface area contributed by atoms with E-state index < -0.39 is 0 Å². The Morgan fingerprint density at radius 2 is 2.00 bits per heavy atom. The Bertz CT molecular complexity index is 728. The van der Waals surface area contributed by atoms with E-state index in [1.165, 1.54) is 0 Å². The molecule has 0 saturated carbocycles. The van der Waals surface area contributed by atoms with Crippen molar-refractivity contribution in [2.75, 3.05) is 12.4 Å². The quantitative estimate of drug-likeness (QED) is 0.941. The number of carbonyl (C=O) groups is 1. The number of hydrogen-bond acceptors (Lipinski definition) is 5. The number of hydrogen-bond donors (Lipinski definition) is 1. The number of nitrogens with one attached hydrogen (secondary N) is 1. The van der Waals surface area contributed by atoms with Crippen molar-refractivity contribution >= 4 is 17.4 Å². The summed E-state index contributed by atoms with van der Waals surface area (Å²) in [7, 11) is 1.62. The molecule has 2 aromatic rings. The highest BCUT2D eigenvalue weighted by Gasteiger charge is 2.26. The van der Waals surface area contributed by atoms with Crippen molar-refractivity contribution in [2.45, 2.75) is 26.7 Å². The molecule has 0 spiro atoms. The second-order valence-electron chi connectivity index (χ2n) is 5.72. The van der Waals surface area contributed by atoms with E-state index in [2.05, 4.69) is 22.2 Å². The molecule has 5 heteroatoms. The van der Waals surface area contributed by atoms with Crippen LogP contribution in [0.4, 0.5) is 11.6 Å². The van der Waals surface area contributed by atoms with Crippen LogP contribution in [0.15, 0.2) is 24.3 Å². The number of nitrogens with zero attached hydrogens (tertiary/aromatic N) is 2. The van der Waals surface area contributed by atoms with Gasteiger partial charge in [0.05, 0.1) is 29.7 Å². The molecule has 0 unspecified atom stereocenters. The summed E-state index contributed by atoms with van der Waals surface area (Å²) in [6, 6.07) is 7.61. The summed E-state index contributed by atoms with van der Waals surface area (Å²) in [5.41, 5.74) is 3.08. The Morgan fingerprint density at radius 3 is 2.77 bits per heavy atom. The van der Waals surface area contributed by atoms with Crippen molar-refractivity contribution in [2.24, 2.45) is 5.92 Å². The fourth-order valence-corrected chi connectivity index (χ4v) is 2.89. The molecule has 1 atom stereocenters. The van der Waals surface area contributed by atoms with Crippen molar-refractivity contribution in [1.29, 1.82) is 0 Å². The number of rotatable bonds is 3. The number of fused-ring (bicyclic) bond motifs is 1. The molecule has 1 aromatic carbocycles. The average Bonchev–Trinajstić information content (AvgIpc) is 2.46. The van der Waals surface area contributed by atoms with Gasteiger partial charge in [0.15, 0.2) is 5.78 Å². The molecule has 3 rings (SSSR count). The van der Waals surface area contributed by atoms with E-state index in [1.807, 2.05) is 31.2 Å². The number of Topliss-reactive ketones (excluding diaryl/α,β-unsaturated/α-hetero) is 1. The second-order valence-corrected chi connectivity index (χ2v) is 5.72. The number of carbonyl (C=O) groups excluding carboxylic acids is 1. The van der Waals surface area contributed by atoms with Gasteiger partial charge in [-0.1, -0.05) is 19.1 Å². The largest absolute Gasteiger partial charge is 0.495 e. The number of anilines is 2. The molecule has 5 nitrogen and oxygen atoms in total. The smallest absolute Gasteiger partial charge is 0.227 e. The summed E-state index contributed by atoms with van der Waals surface area (Å²) in [6.45, 7) is 3.94. The lowest BCUT2D eigenvalue weighted by molar-refractivity contribution is 0.0951. The number of para-hydroxylation sites is 2. The summed E-state index contributed by atoms with van der Waals surface area (Å²) in [5.74, 6) is 1.71. The molecule has 0 bridgehead atoms. The fourth-order valence-electron chi connectivity index (χ4n) is 2.89. The van der Waals surface area contributed by atoms with E-state index in [4.69, 9.17) is 4.74 Å². The Balaban J connectivity index is 1.98. The minimum atomic E-state index is 0.148. The maximum absolute atomic E-state index is 12.2. The van der Waals surface area contributed by atoms with Crippen molar-refractivity contribution in [1.82, 2.24) is 9.97 Å². The predicted octanol–water partition coefficient (Wildman–Crippen LogP) is 3.30. The summed E-state index contributed by atoms with van der Waals surface area (Å²) < 4.78 is 5.32.